The molecule has 0 radical (unpaired) electrons. The Labute approximate surface area is 161 Å². The number of fused-ring (bicyclic) bond motifs is 3. The highest BCUT2D eigenvalue weighted by atomic mass is 79.9. The Kier molecular flexibility index (Phi) is 4.83. The Morgan fingerprint density at radius 3 is 2.88 bits per heavy atom. The number of amides is 1. The van der Waals surface area contributed by atoms with Crippen LogP contribution < -0.4 is 4.74 Å². The van der Waals surface area contributed by atoms with E-state index in [1.165, 1.54) is 0 Å². The van der Waals surface area contributed by atoms with E-state index in [1.807, 2.05) is 47.4 Å². The van der Waals surface area contributed by atoms with E-state index in [9.17, 15) is 4.79 Å². The SMILES string of the molecule is COc1cccc([C@H]2COC/C=C\CC3c4ccc(Br)cc4C(=O)N32)c1. The maximum atomic E-state index is 13.3. The second-order valence-electron chi connectivity index (χ2n) is 6.50. The largest absolute Gasteiger partial charge is 0.497 e. The number of carbonyl (C=O) groups excluding carboxylic acids is 1. The summed E-state index contributed by atoms with van der Waals surface area (Å²) in [5, 5.41) is 0. The molecular formula is C21H20BrNO3. The normalized spacial score (nSPS) is 23.5. The van der Waals surface area contributed by atoms with Crippen molar-refractivity contribution in [1.82, 2.24) is 4.90 Å². The molecule has 2 aromatic rings. The molecule has 0 aliphatic carbocycles. The van der Waals surface area contributed by atoms with Gasteiger partial charge < -0.3 is 14.4 Å². The van der Waals surface area contributed by atoms with Crippen molar-refractivity contribution in [3.63, 3.8) is 0 Å². The zero-order chi connectivity index (χ0) is 18.1. The molecule has 2 aromatic carbocycles. The first-order chi connectivity index (χ1) is 12.7. The Morgan fingerprint density at radius 1 is 1.15 bits per heavy atom. The smallest absolute Gasteiger partial charge is 0.255 e. The average Bonchev–Trinajstić information content (AvgIpc) is 2.98. The van der Waals surface area contributed by atoms with Crippen LogP contribution in [0.25, 0.3) is 0 Å². The van der Waals surface area contributed by atoms with Crippen LogP contribution in [0.2, 0.25) is 0 Å². The van der Waals surface area contributed by atoms with Gasteiger partial charge in [-0.1, -0.05) is 46.3 Å². The molecule has 0 N–H and O–H groups in total. The van der Waals surface area contributed by atoms with Gasteiger partial charge >= 0.3 is 0 Å². The van der Waals surface area contributed by atoms with Crippen molar-refractivity contribution in [2.24, 2.45) is 0 Å². The summed E-state index contributed by atoms with van der Waals surface area (Å²) >= 11 is 3.49. The molecule has 2 aliphatic heterocycles. The van der Waals surface area contributed by atoms with E-state index < -0.39 is 0 Å². The first kappa shape index (κ1) is 17.3. The Balaban J connectivity index is 1.80. The van der Waals surface area contributed by atoms with E-state index in [-0.39, 0.29) is 18.0 Å². The van der Waals surface area contributed by atoms with Crippen molar-refractivity contribution >= 4 is 21.8 Å². The van der Waals surface area contributed by atoms with Crippen molar-refractivity contribution in [2.75, 3.05) is 20.3 Å². The number of hydrogen-bond donors (Lipinski definition) is 0. The van der Waals surface area contributed by atoms with E-state index in [2.05, 4.69) is 28.1 Å². The summed E-state index contributed by atoms with van der Waals surface area (Å²) in [4.78, 5) is 15.3. The van der Waals surface area contributed by atoms with Gasteiger partial charge in [0.1, 0.15) is 5.75 Å². The fourth-order valence-corrected chi connectivity index (χ4v) is 4.12. The third-order valence-corrected chi connectivity index (χ3v) is 5.50. The van der Waals surface area contributed by atoms with E-state index in [1.54, 1.807) is 7.11 Å². The molecule has 0 aromatic heterocycles. The number of nitrogens with zero attached hydrogens (tertiary/aromatic N) is 1. The number of rotatable bonds is 2. The highest BCUT2D eigenvalue weighted by molar-refractivity contribution is 9.10. The van der Waals surface area contributed by atoms with E-state index in [4.69, 9.17) is 9.47 Å². The van der Waals surface area contributed by atoms with Gasteiger partial charge in [-0.2, -0.15) is 0 Å². The molecule has 4 nitrogen and oxygen atoms in total. The van der Waals surface area contributed by atoms with Crippen LogP contribution in [-0.4, -0.2) is 31.1 Å². The summed E-state index contributed by atoms with van der Waals surface area (Å²) in [5.41, 5.74) is 2.88. The van der Waals surface area contributed by atoms with Crippen LogP contribution in [-0.2, 0) is 4.74 Å². The second-order valence-corrected chi connectivity index (χ2v) is 7.41. The maximum Gasteiger partial charge on any atom is 0.255 e. The first-order valence-electron chi connectivity index (χ1n) is 8.68. The van der Waals surface area contributed by atoms with Crippen molar-refractivity contribution in [3.05, 3.63) is 75.8 Å². The molecule has 1 amide bonds. The lowest BCUT2D eigenvalue weighted by molar-refractivity contribution is 0.0410. The number of hydrogen-bond acceptors (Lipinski definition) is 3. The quantitative estimate of drug-likeness (QED) is 0.671. The number of halogens is 1. The van der Waals surface area contributed by atoms with Crippen LogP contribution >= 0.6 is 15.9 Å². The third-order valence-electron chi connectivity index (χ3n) is 5.01. The molecule has 1 unspecified atom stereocenters. The summed E-state index contributed by atoms with van der Waals surface area (Å²) in [6.45, 7) is 1.01. The van der Waals surface area contributed by atoms with Crippen molar-refractivity contribution < 1.29 is 14.3 Å². The van der Waals surface area contributed by atoms with Gasteiger partial charge in [-0.05, 0) is 41.8 Å². The summed E-state index contributed by atoms with van der Waals surface area (Å²) in [6.07, 6.45) is 4.92. The van der Waals surface area contributed by atoms with Gasteiger partial charge in [0.15, 0.2) is 0 Å². The molecule has 2 heterocycles. The maximum absolute atomic E-state index is 13.3. The topological polar surface area (TPSA) is 38.8 Å². The first-order valence-corrected chi connectivity index (χ1v) is 9.47. The lowest BCUT2D eigenvalue weighted by atomic mass is 10.00. The van der Waals surface area contributed by atoms with E-state index >= 15 is 0 Å². The van der Waals surface area contributed by atoms with Crippen LogP contribution in [0, 0.1) is 0 Å². The van der Waals surface area contributed by atoms with Gasteiger partial charge in [0.2, 0.25) is 0 Å². The zero-order valence-corrected chi connectivity index (χ0v) is 16.1. The predicted molar refractivity (Wildman–Crippen MR) is 103 cm³/mol. The summed E-state index contributed by atoms with van der Waals surface area (Å²) in [6, 6.07) is 13.7. The van der Waals surface area contributed by atoms with E-state index in [0.29, 0.717) is 13.2 Å². The molecule has 0 fully saturated rings. The standard InChI is InChI=1S/C21H20BrNO3/c1-25-16-6-4-5-14(11-16)20-13-26-10-3-2-7-19-17-9-8-15(22)12-18(17)21(24)23(19)20/h2-6,8-9,11-12,19-20H,7,10,13H2,1H3/b3-2-/t19?,20-/m1/s1. The van der Waals surface area contributed by atoms with Gasteiger partial charge in [0.05, 0.1) is 32.4 Å². The van der Waals surface area contributed by atoms with Crippen LogP contribution in [0.4, 0.5) is 0 Å². The number of carbonyl (C=O) groups is 1. The lowest BCUT2D eigenvalue weighted by Gasteiger charge is -2.33. The Bertz CT molecular complexity index is 864. The molecule has 2 atom stereocenters. The fraction of sp³-hybridized carbons (Fsp3) is 0.286. The van der Waals surface area contributed by atoms with Crippen molar-refractivity contribution in [3.8, 4) is 5.75 Å². The van der Waals surface area contributed by atoms with Gasteiger partial charge in [-0.3, -0.25) is 4.79 Å². The zero-order valence-electron chi connectivity index (χ0n) is 14.5. The highest BCUT2D eigenvalue weighted by Gasteiger charge is 2.41. The molecule has 5 heteroatoms. The molecule has 0 bridgehead atoms. The van der Waals surface area contributed by atoms with E-state index in [0.717, 1.165) is 33.3 Å². The summed E-state index contributed by atoms with van der Waals surface area (Å²) in [7, 11) is 1.65. The monoisotopic (exact) mass is 413 g/mol. The highest BCUT2D eigenvalue weighted by Crippen LogP contribution is 2.43. The number of ether oxygens (including phenoxy) is 2. The van der Waals surface area contributed by atoms with Crippen LogP contribution in [0.15, 0.2) is 59.1 Å². The predicted octanol–water partition coefficient (Wildman–Crippen LogP) is 4.67. The van der Waals surface area contributed by atoms with Gasteiger partial charge in [0, 0.05) is 10.0 Å². The molecule has 2 aliphatic rings. The number of methoxy groups -OCH3 is 1. The molecule has 0 spiro atoms. The van der Waals surface area contributed by atoms with Crippen LogP contribution in [0.5, 0.6) is 5.75 Å². The minimum absolute atomic E-state index is 0.0137. The molecule has 4 rings (SSSR count). The second kappa shape index (κ2) is 7.25. The Hall–Kier alpha value is -2.11. The minimum atomic E-state index is -0.159. The summed E-state index contributed by atoms with van der Waals surface area (Å²) in [5.74, 6) is 0.835. The van der Waals surface area contributed by atoms with Gasteiger partial charge in [0.25, 0.3) is 5.91 Å². The number of benzene rings is 2. The molecule has 0 saturated heterocycles. The van der Waals surface area contributed by atoms with Gasteiger partial charge in [-0.15, -0.1) is 0 Å². The van der Waals surface area contributed by atoms with Crippen LogP contribution in [0.1, 0.15) is 40.0 Å². The molecule has 0 saturated carbocycles. The molecule has 26 heavy (non-hydrogen) atoms. The molecular weight excluding hydrogens is 394 g/mol. The molecule has 134 valence electrons. The van der Waals surface area contributed by atoms with Gasteiger partial charge in [-0.25, -0.2) is 0 Å². The lowest BCUT2D eigenvalue weighted by Crippen LogP contribution is -2.35. The minimum Gasteiger partial charge on any atom is -0.497 e. The fourth-order valence-electron chi connectivity index (χ4n) is 3.76. The Morgan fingerprint density at radius 2 is 2.04 bits per heavy atom. The average molecular weight is 414 g/mol. The van der Waals surface area contributed by atoms with Crippen LogP contribution in [0.3, 0.4) is 0 Å². The van der Waals surface area contributed by atoms with Crippen molar-refractivity contribution in [1.29, 1.82) is 0 Å². The summed E-state index contributed by atoms with van der Waals surface area (Å²) < 4.78 is 12.1. The third kappa shape index (κ3) is 3.06. The van der Waals surface area contributed by atoms with Crippen molar-refractivity contribution in [2.45, 2.75) is 18.5 Å².